The molecule has 0 aliphatic heterocycles. The van der Waals surface area contributed by atoms with Gasteiger partial charge in [0.05, 0.1) is 17.7 Å². The van der Waals surface area contributed by atoms with Crippen molar-refractivity contribution in [1.29, 1.82) is 0 Å². The lowest BCUT2D eigenvalue weighted by atomic mass is 9.93. The fourth-order valence-electron chi connectivity index (χ4n) is 2.64. The van der Waals surface area contributed by atoms with Crippen LogP contribution in [0.3, 0.4) is 0 Å². The first-order valence-corrected chi connectivity index (χ1v) is 7.51. The Morgan fingerprint density at radius 2 is 1.70 bits per heavy atom. The zero-order valence-corrected chi connectivity index (χ0v) is 12.5. The molecular weight excluding hydrogens is 254 g/mol. The Kier molecular flexibility index (Phi) is 5.17. The van der Waals surface area contributed by atoms with Gasteiger partial charge in [-0.2, -0.15) is 0 Å². The number of rotatable bonds is 5. The normalized spacial score (nSPS) is 18.4. The summed E-state index contributed by atoms with van der Waals surface area (Å²) in [5.41, 5.74) is 7.07. The van der Waals surface area contributed by atoms with E-state index in [9.17, 15) is 0 Å². The molecule has 0 amide bonds. The van der Waals surface area contributed by atoms with E-state index in [1.54, 1.807) is 0 Å². The van der Waals surface area contributed by atoms with E-state index < -0.39 is 0 Å². The van der Waals surface area contributed by atoms with Crippen LogP contribution in [0, 0.1) is 6.92 Å². The lowest BCUT2D eigenvalue weighted by molar-refractivity contribution is 0.190. The quantitative estimate of drug-likeness (QED) is 0.839. The van der Waals surface area contributed by atoms with Gasteiger partial charge >= 0.3 is 0 Å². The van der Waals surface area contributed by atoms with Gasteiger partial charge in [0.25, 0.3) is 0 Å². The summed E-state index contributed by atoms with van der Waals surface area (Å²) in [5, 5.41) is 0. The molecule has 112 valence electrons. The van der Waals surface area contributed by atoms with Gasteiger partial charge in [-0.25, -0.2) is 9.97 Å². The van der Waals surface area contributed by atoms with Crippen molar-refractivity contribution < 1.29 is 9.47 Å². The molecule has 0 spiro atoms. The first-order chi connectivity index (χ1) is 9.64. The Balaban J connectivity index is 2.01. The second kappa shape index (κ2) is 6.88. The van der Waals surface area contributed by atoms with E-state index in [1.165, 1.54) is 32.0 Å². The summed E-state index contributed by atoms with van der Waals surface area (Å²) in [6.07, 6.45) is 8.45. The predicted octanol–water partition coefficient (Wildman–Crippen LogP) is 2.61. The SMILES string of the molecule is CCOc1ncnc(OCC2(N)CCCCCC2)c1C. The molecule has 20 heavy (non-hydrogen) atoms. The molecule has 1 aliphatic rings. The molecule has 1 fully saturated rings. The first-order valence-electron chi connectivity index (χ1n) is 7.51. The maximum atomic E-state index is 6.45. The van der Waals surface area contributed by atoms with Crippen LogP contribution < -0.4 is 15.2 Å². The van der Waals surface area contributed by atoms with Crippen LogP contribution in [0.1, 0.15) is 51.0 Å². The van der Waals surface area contributed by atoms with Crippen LogP contribution in [-0.4, -0.2) is 28.7 Å². The zero-order chi connectivity index (χ0) is 14.4. The molecule has 1 saturated carbocycles. The Bertz CT molecular complexity index is 429. The molecule has 2 rings (SSSR count). The fraction of sp³-hybridized carbons (Fsp3) is 0.733. The smallest absolute Gasteiger partial charge is 0.223 e. The van der Waals surface area contributed by atoms with Crippen molar-refractivity contribution in [2.24, 2.45) is 5.73 Å². The minimum Gasteiger partial charge on any atom is -0.478 e. The molecule has 1 aromatic heterocycles. The Morgan fingerprint density at radius 3 is 2.30 bits per heavy atom. The monoisotopic (exact) mass is 279 g/mol. The molecule has 1 aliphatic carbocycles. The highest BCUT2D eigenvalue weighted by atomic mass is 16.5. The van der Waals surface area contributed by atoms with Gasteiger partial charge in [-0.3, -0.25) is 0 Å². The van der Waals surface area contributed by atoms with Crippen LogP contribution in [0.4, 0.5) is 0 Å². The van der Waals surface area contributed by atoms with Crippen molar-refractivity contribution in [3.8, 4) is 11.8 Å². The summed E-state index contributed by atoms with van der Waals surface area (Å²) in [7, 11) is 0. The molecular formula is C15H25N3O2. The number of ether oxygens (including phenoxy) is 2. The molecule has 0 aromatic carbocycles. The molecule has 0 atom stereocenters. The number of hydrogen-bond acceptors (Lipinski definition) is 5. The van der Waals surface area contributed by atoms with Gasteiger partial charge in [-0.05, 0) is 26.7 Å². The number of hydrogen-bond donors (Lipinski definition) is 1. The molecule has 5 nitrogen and oxygen atoms in total. The Hall–Kier alpha value is -1.36. The average Bonchev–Trinajstić information content (AvgIpc) is 2.65. The van der Waals surface area contributed by atoms with Gasteiger partial charge in [0, 0.05) is 0 Å². The van der Waals surface area contributed by atoms with Crippen LogP contribution in [-0.2, 0) is 0 Å². The Labute approximate surface area is 120 Å². The van der Waals surface area contributed by atoms with Gasteiger partial charge in [-0.15, -0.1) is 0 Å². The van der Waals surface area contributed by atoms with E-state index in [0.717, 1.165) is 18.4 Å². The van der Waals surface area contributed by atoms with E-state index in [4.69, 9.17) is 15.2 Å². The summed E-state index contributed by atoms with van der Waals surface area (Å²) >= 11 is 0. The maximum absolute atomic E-state index is 6.45. The van der Waals surface area contributed by atoms with Crippen molar-refractivity contribution >= 4 is 0 Å². The topological polar surface area (TPSA) is 70.3 Å². The average molecular weight is 279 g/mol. The number of nitrogens with two attached hydrogens (primary N) is 1. The molecule has 0 unspecified atom stereocenters. The van der Waals surface area contributed by atoms with E-state index in [0.29, 0.717) is 25.0 Å². The molecule has 0 saturated heterocycles. The minimum absolute atomic E-state index is 0.223. The summed E-state index contributed by atoms with van der Waals surface area (Å²) < 4.78 is 11.3. The van der Waals surface area contributed by atoms with Gasteiger partial charge in [-0.1, -0.05) is 25.7 Å². The Morgan fingerprint density at radius 1 is 1.10 bits per heavy atom. The van der Waals surface area contributed by atoms with Crippen LogP contribution >= 0.6 is 0 Å². The highest BCUT2D eigenvalue weighted by molar-refractivity contribution is 5.32. The zero-order valence-electron chi connectivity index (χ0n) is 12.5. The second-order valence-electron chi connectivity index (χ2n) is 5.61. The van der Waals surface area contributed by atoms with E-state index in [1.807, 2.05) is 13.8 Å². The van der Waals surface area contributed by atoms with Gasteiger partial charge in [0.2, 0.25) is 11.8 Å². The second-order valence-corrected chi connectivity index (χ2v) is 5.61. The standard InChI is InChI=1S/C15H25N3O2/c1-3-19-13-12(2)14(18-11-17-13)20-10-15(16)8-6-4-5-7-9-15/h11H,3-10,16H2,1-2H3. The van der Waals surface area contributed by atoms with Crippen LogP contribution in [0.25, 0.3) is 0 Å². The third-order valence-electron chi connectivity index (χ3n) is 3.87. The van der Waals surface area contributed by atoms with Crippen LogP contribution in [0.2, 0.25) is 0 Å². The van der Waals surface area contributed by atoms with E-state index >= 15 is 0 Å². The third-order valence-corrected chi connectivity index (χ3v) is 3.87. The molecule has 1 aromatic rings. The lowest BCUT2D eigenvalue weighted by Gasteiger charge is -2.27. The van der Waals surface area contributed by atoms with Crippen molar-refractivity contribution in [2.75, 3.05) is 13.2 Å². The summed E-state index contributed by atoms with van der Waals surface area (Å²) in [6, 6.07) is 0. The molecule has 5 heteroatoms. The lowest BCUT2D eigenvalue weighted by Crippen LogP contribution is -2.45. The molecule has 2 N–H and O–H groups in total. The summed E-state index contributed by atoms with van der Waals surface area (Å²) in [4.78, 5) is 8.30. The number of aromatic nitrogens is 2. The first kappa shape index (κ1) is 15.0. The fourth-order valence-corrected chi connectivity index (χ4v) is 2.64. The van der Waals surface area contributed by atoms with Crippen LogP contribution in [0.15, 0.2) is 6.33 Å². The molecule has 0 radical (unpaired) electrons. The maximum Gasteiger partial charge on any atom is 0.223 e. The predicted molar refractivity (Wildman–Crippen MR) is 78.1 cm³/mol. The van der Waals surface area contributed by atoms with Gasteiger partial charge in [0.1, 0.15) is 12.9 Å². The minimum atomic E-state index is -0.223. The van der Waals surface area contributed by atoms with Crippen LogP contribution in [0.5, 0.6) is 11.8 Å². The van der Waals surface area contributed by atoms with Crippen molar-refractivity contribution in [2.45, 2.75) is 57.9 Å². The highest BCUT2D eigenvalue weighted by Gasteiger charge is 2.27. The highest BCUT2D eigenvalue weighted by Crippen LogP contribution is 2.27. The summed E-state index contributed by atoms with van der Waals surface area (Å²) in [5.74, 6) is 1.17. The van der Waals surface area contributed by atoms with Crippen molar-refractivity contribution in [3.05, 3.63) is 11.9 Å². The van der Waals surface area contributed by atoms with E-state index in [-0.39, 0.29) is 5.54 Å². The van der Waals surface area contributed by atoms with Crippen molar-refractivity contribution in [3.63, 3.8) is 0 Å². The van der Waals surface area contributed by atoms with E-state index in [2.05, 4.69) is 9.97 Å². The van der Waals surface area contributed by atoms with Gasteiger partial charge in [0.15, 0.2) is 0 Å². The number of nitrogens with zero attached hydrogens (tertiary/aromatic N) is 2. The largest absolute Gasteiger partial charge is 0.478 e. The van der Waals surface area contributed by atoms with Crippen molar-refractivity contribution in [1.82, 2.24) is 9.97 Å². The van der Waals surface area contributed by atoms with Gasteiger partial charge < -0.3 is 15.2 Å². The molecule has 0 bridgehead atoms. The summed E-state index contributed by atoms with van der Waals surface area (Å²) in [6.45, 7) is 4.94. The third kappa shape index (κ3) is 3.82. The molecule has 1 heterocycles.